The second kappa shape index (κ2) is 6.55. The molecule has 0 unspecified atom stereocenters. The van der Waals surface area contributed by atoms with E-state index < -0.39 is 0 Å². The molecule has 1 aliphatic heterocycles. The normalized spacial score (nSPS) is 14.4. The largest absolute Gasteiger partial charge is 0.360 e. The van der Waals surface area contributed by atoms with E-state index in [0.717, 1.165) is 41.9 Å². The van der Waals surface area contributed by atoms with E-state index >= 15 is 0 Å². The minimum absolute atomic E-state index is 0.279. The number of aromatic nitrogens is 3. The molecule has 134 valence electrons. The van der Waals surface area contributed by atoms with Crippen LogP contribution < -0.4 is 0 Å². The first-order valence-corrected chi connectivity index (χ1v) is 8.92. The maximum Gasteiger partial charge on any atom is 0.143 e. The molecule has 0 radical (unpaired) electrons. The zero-order valence-electron chi connectivity index (χ0n) is 14.6. The summed E-state index contributed by atoms with van der Waals surface area (Å²) in [4.78, 5) is 11.0. The lowest BCUT2D eigenvalue weighted by molar-refractivity contribution is 0.228. The first-order chi connectivity index (χ1) is 13.3. The molecule has 0 N–H and O–H groups in total. The topological polar surface area (TPSA) is 55.1 Å². The van der Waals surface area contributed by atoms with E-state index in [-0.39, 0.29) is 5.82 Å². The highest BCUT2D eigenvalue weighted by Gasteiger charge is 2.26. The summed E-state index contributed by atoms with van der Waals surface area (Å²) in [6.07, 6.45) is 4.17. The van der Waals surface area contributed by atoms with Gasteiger partial charge in [-0.15, -0.1) is 0 Å². The van der Waals surface area contributed by atoms with Crippen LogP contribution in [0.3, 0.4) is 0 Å². The lowest BCUT2D eigenvalue weighted by Gasteiger charge is -2.26. The summed E-state index contributed by atoms with van der Waals surface area (Å²) in [7, 11) is 0. The number of hydrogen-bond donors (Lipinski definition) is 0. The van der Waals surface area contributed by atoms with Crippen molar-refractivity contribution >= 4 is 11.0 Å². The van der Waals surface area contributed by atoms with Crippen molar-refractivity contribution in [1.29, 1.82) is 0 Å². The first kappa shape index (κ1) is 16.1. The lowest BCUT2D eigenvalue weighted by atomic mass is 10.0. The molecular weight excluding hydrogens is 343 g/mol. The number of rotatable bonds is 3. The smallest absolute Gasteiger partial charge is 0.143 e. The molecule has 6 heteroatoms. The van der Waals surface area contributed by atoms with Crippen molar-refractivity contribution in [1.82, 2.24) is 20.0 Å². The second-order valence-electron chi connectivity index (χ2n) is 6.75. The van der Waals surface area contributed by atoms with Crippen LogP contribution in [0.4, 0.5) is 4.39 Å². The Bertz CT molecular complexity index is 1120. The van der Waals surface area contributed by atoms with Crippen LogP contribution in [0.2, 0.25) is 0 Å². The number of hydrogen-bond acceptors (Lipinski definition) is 5. The molecule has 2 aromatic heterocycles. The lowest BCUT2D eigenvalue weighted by Crippen LogP contribution is -2.29. The van der Waals surface area contributed by atoms with Crippen molar-refractivity contribution in [2.45, 2.75) is 19.5 Å². The molecule has 0 saturated carbocycles. The van der Waals surface area contributed by atoms with Crippen molar-refractivity contribution in [3.05, 3.63) is 77.6 Å². The zero-order valence-corrected chi connectivity index (χ0v) is 14.6. The summed E-state index contributed by atoms with van der Waals surface area (Å²) in [6.45, 7) is 2.34. The SMILES string of the molecule is Fc1ccccc1-c1noc2c1CN(Cc1ccc3nccnc3c1)CC2. The van der Waals surface area contributed by atoms with Gasteiger partial charge in [0.15, 0.2) is 0 Å². The fraction of sp³-hybridized carbons (Fsp3) is 0.190. The molecule has 3 heterocycles. The van der Waals surface area contributed by atoms with Crippen LogP contribution in [-0.4, -0.2) is 26.6 Å². The summed E-state index contributed by atoms with van der Waals surface area (Å²) in [5.74, 6) is 0.577. The quantitative estimate of drug-likeness (QED) is 0.553. The molecule has 1 aliphatic rings. The fourth-order valence-corrected chi connectivity index (χ4v) is 3.63. The minimum Gasteiger partial charge on any atom is -0.360 e. The molecule has 0 bridgehead atoms. The average molecular weight is 360 g/mol. The Balaban J connectivity index is 1.42. The van der Waals surface area contributed by atoms with E-state index in [1.807, 2.05) is 12.1 Å². The van der Waals surface area contributed by atoms with Crippen LogP contribution in [0, 0.1) is 5.82 Å². The van der Waals surface area contributed by atoms with E-state index in [4.69, 9.17) is 4.52 Å². The third kappa shape index (κ3) is 2.98. The van der Waals surface area contributed by atoms with Gasteiger partial charge in [0.05, 0.1) is 11.0 Å². The van der Waals surface area contributed by atoms with Gasteiger partial charge in [-0.1, -0.05) is 23.4 Å². The third-order valence-electron chi connectivity index (χ3n) is 4.98. The van der Waals surface area contributed by atoms with Gasteiger partial charge < -0.3 is 4.52 Å². The van der Waals surface area contributed by atoms with Gasteiger partial charge >= 0.3 is 0 Å². The van der Waals surface area contributed by atoms with Gasteiger partial charge in [0.2, 0.25) is 0 Å². The predicted molar refractivity (Wildman–Crippen MR) is 99.3 cm³/mol. The molecule has 0 spiro atoms. The molecule has 0 aliphatic carbocycles. The van der Waals surface area contributed by atoms with Crippen LogP contribution in [0.25, 0.3) is 22.3 Å². The standard InChI is InChI=1S/C21H17FN4O/c22-17-4-2-1-3-15(17)21-16-13-26(10-7-20(16)27-25-21)12-14-5-6-18-19(11-14)24-9-8-23-18/h1-6,8-9,11H,7,10,12-13H2. The number of halogens is 1. The van der Waals surface area contributed by atoms with Crippen molar-refractivity contribution in [2.75, 3.05) is 6.54 Å². The summed E-state index contributed by atoms with van der Waals surface area (Å²) in [5, 5.41) is 4.15. The van der Waals surface area contributed by atoms with Crippen LogP contribution in [-0.2, 0) is 19.5 Å². The summed E-state index contributed by atoms with van der Waals surface area (Å²) < 4.78 is 19.7. The van der Waals surface area contributed by atoms with Gasteiger partial charge in [-0.2, -0.15) is 0 Å². The molecule has 27 heavy (non-hydrogen) atoms. The molecule has 5 rings (SSSR count). The van der Waals surface area contributed by atoms with Crippen LogP contribution >= 0.6 is 0 Å². The van der Waals surface area contributed by atoms with Gasteiger partial charge in [-0.05, 0) is 29.8 Å². The third-order valence-corrected chi connectivity index (χ3v) is 4.98. The van der Waals surface area contributed by atoms with E-state index in [1.54, 1.807) is 24.5 Å². The van der Waals surface area contributed by atoms with Crippen LogP contribution in [0.15, 0.2) is 59.4 Å². The Kier molecular flexibility index (Phi) is 3.90. The van der Waals surface area contributed by atoms with Gasteiger partial charge in [0, 0.05) is 49.6 Å². The maximum atomic E-state index is 14.2. The predicted octanol–water partition coefficient (Wildman–Crippen LogP) is 3.98. The van der Waals surface area contributed by atoms with E-state index in [0.29, 0.717) is 17.8 Å². The monoisotopic (exact) mass is 360 g/mol. The fourth-order valence-electron chi connectivity index (χ4n) is 3.63. The van der Waals surface area contributed by atoms with Gasteiger partial charge in [0.1, 0.15) is 17.3 Å². The van der Waals surface area contributed by atoms with Crippen LogP contribution in [0.1, 0.15) is 16.9 Å². The van der Waals surface area contributed by atoms with Gasteiger partial charge in [0.25, 0.3) is 0 Å². The molecule has 0 amide bonds. The highest BCUT2D eigenvalue weighted by Crippen LogP contribution is 2.32. The number of nitrogens with zero attached hydrogens (tertiary/aromatic N) is 4. The van der Waals surface area contributed by atoms with E-state index in [1.165, 1.54) is 11.6 Å². The van der Waals surface area contributed by atoms with Gasteiger partial charge in [-0.3, -0.25) is 14.9 Å². The van der Waals surface area contributed by atoms with Crippen LogP contribution in [0.5, 0.6) is 0 Å². The molecule has 4 aromatic rings. The Morgan fingerprint density at radius 3 is 2.78 bits per heavy atom. The molecule has 5 nitrogen and oxygen atoms in total. The minimum atomic E-state index is -0.279. The summed E-state index contributed by atoms with van der Waals surface area (Å²) in [6, 6.07) is 12.8. The first-order valence-electron chi connectivity index (χ1n) is 8.92. The Morgan fingerprint density at radius 2 is 1.89 bits per heavy atom. The molecule has 0 saturated heterocycles. The van der Waals surface area contributed by atoms with Crippen molar-refractivity contribution in [3.63, 3.8) is 0 Å². The number of benzene rings is 2. The van der Waals surface area contributed by atoms with Crippen molar-refractivity contribution in [3.8, 4) is 11.3 Å². The summed E-state index contributed by atoms with van der Waals surface area (Å²) >= 11 is 0. The molecule has 0 fully saturated rings. The number of fused-ring (bicyclic) bond motifs is 2. The molecule has 0 atom stereocenters. The molecular formula is C21H17FN4O. The second-order valence-corrected chi connectivity index (χ2v) is 6.75. The Hall–Kier alpha value is -3.12. The highest BCUT2D eigenvalue weighted by atomic mass is 19.1. The highest BCUT2D eigenvalue weighted by molar-refractivity contribution is 5.74. The Labute approximate surface area is 155 Å². The van der Waals surface area contributed by atoms with Crippen molar-refractivity contribution in [2.24, 2.45) is 0 Å². The van der Waals surface area contributed by atoms with Gasteiger partial charge in [-0.25, -0.2) is 4.39 Å². The van der Waals surface area contributed by atoms with Crippen molar-refractivity contribution < 1.29 is 8.91 Å². The Morgan fingerprint density at radius 1 is 1.04 bits per heavy atom. The summed E-state index contributed by atoms with van der Waals surface area (Å²) in [5.41, 5.74) is 5.04. The zero-order chi connectivity index (χ0) is 18.2. The molecule has 2 aromatic carbocycles. The van der Waals surface area contributed by atoms with E-state index in [2.05, 4.69) is 32.2 Å². The average Bonchev–Trinajstić information content (AvgIpc) is 3.11. The van der Waals surface area contributed by atoms with E-state index in [9.17, 15) is 4.39 Å². The maximum absolute atomic E-state index is 14.2.